The van der Waals surface area contributed by atoms with Crippen LogP contribution in [0, 0.1) is 20.2 Å². The third-order valence-corrected chi connectivity index (χ3v) is 3.40. The normalized spacial score (nSPS) is 10.3. The zero-order chi connectivity index (χ0) is 19.8. The minimum atomic E-state index is -0.793. The average Bonchev–Trinajstić information content (AvgIpc) is 2.66. The van der Waals surface area contributed by atoms with E-state index in [1.165, 1.54) is 0 Å². The third kappa shape index (κ3) is 5.75. The van der Waals surface area contributed by atoms with E-state index in [0.29, 0.717) is 31.3 Å². The van der Waals surface area contributed by atoms with E-state index in [2.05, 4.69) is 5.32 Å². The molecule has 0 aromatic heterocycles. The van der Waals surface area contributed by atoms with Crippen molar-refractivity contribution in [1.29, 1.82) is 0 Å². The summed E-state index contributed by atoms with van der Waals surface area (Å²) < 4.78 is 10.6. The maximum atomic E-state index is 12.3. The number of ether oxygens (including phenoxy) is 2. The second-order valence-electron chi connectivity index (χ2n) is 5.28. The molecule has 2 rings (SSSR count). The second-order valence-corrected chi connectivity index (χ2v) is 5.28. The first-order valence-electron chi connectivity index (χ1n) is 7.96. The lowest BCUT2D eigenvalue weighted by atomic mass is 10.1. The summed E-state index contributed by atoms with van der Waals surface area (Å²) in [5.74, 6) is -0.120. The van der Waals surface area contributed by atoms with E-state index >= 15 is 0 Å². The molecule has 0 saturated heterocycles. The molecule has 0 aliphatic heterocycles. The van der Waals surface area contributed by atoms with E-state index < -0.39 is 27.1 Å². The van der Waals surface area contributed by atoms with Crippen LogP contribution in [0.2, 0.25) is 0 Å². The highest BCUT2D eigenvalue weighted by Gasteiger charge is 2.20. The van der Waals surface area contributed by atoms with Crippen molar-refractivity contribution < 1.29 is 24.1 Å². The summed E-state index contributed by atoms with van der Waals surface area (Å²) in [6.07, 6.45) is 0. The number of benzene rings is 2. The molecule has 1 amide bonds. The van der Waals surface area contributed by atoms with Crippen LogP contribution in [-0.4, -0.2) is 35.6 Å². The molecule has 2 aromatic carbocycles. The van der Waals surface area contributed by atoms with Crippen LogP contribution in [-0.2, 0) is 4.74 Å². The first kappa shape index (κ1) is 19.8. The fourth-order valence-corrected chi connectivity index (χ4v) is 2.14. The van der Waals surface area contributed by atoms with Crippen LogP contribution in [0.25, 0.3) is 0 Å². The third-order valence-electron chi connectivity index (χ3n) is 3.40. The number of amides is 1. The van der Waals surface area contributed by atoms with Gasteiger partial charge in [0.15, 0.2) is 0 Å². The lowest BCUT2D eigenvalue weighted by Gasteiger charge is -2.08. The first-order valence-corrected chi connectivity index (χ1v) is 7.96. The topological polar surface area (TPSA) is 134 Å². The number of rotatable bonds is 9. The van der Waals surface area contributed by atoms with Crippen LogP contribution in [0.1, 0.15) is 17.3 Å². The van der Waals surface area contributed by atoms with Crippen molar-refractivity contribution >= 4 is 23.0 Å². The highest BCUT2D eigenvalue weighted by molar-refractivity contribution is 6.05. The molecule has 10 nitrogen and oxygen atoms in total. The Bertz CT molecular complexity index is 805. The van der Waals surface area contributed by atoms with E-state index in [-0.39, 0.29) is 5.56 Å². The van der Waals surface area contributed by atoms with Gasteiger partial charge in [0.2, 0.25) is 0 Å². The molecule has 0 atom stereocenters. The highest BCUT2D eigenvalue weighted by Crippen LogP contribution is 2.24. The van der Waals surface area contributed by atoms with Gasteiger partial charge in [0.1, 0.15) is 12.4 Å². The van der Waals surface area contributed by atoms with Gasteiger partial charge in [-0.15, -0.1) is 0 Å². The summed E-state index contributed by atoms with van der Waals surface area (Å²) in [6, 6.07) is 9.19. The fraction of sp³-hybridized carbons (Fsp3) is 0.235. The molecule has 1 N–H and O–H groups in total. The molecule has 0 unspecified atom stereocenters. The Morgan fingerprint density at radius 1 is 1.00 bits per heavy atom. The summed E-state index contributed by atoms with van der Waals surface area (Å²) >= 11 is 0. The standard InChI is InChI=1S/C17H17N3O7/c1-2-26-7-8-27-16-5-3-13(4-6-16)18-17(21)12-9-14(19(22)23)11-15(10-12)20(24)25/h3-6,9-11H,2,7-8H2,1H3,(H,18,21). The molecule has 2 aromatic rings. The smallest absolute Gasteiger partial charge is 0.277 e. The maximum absolute atomic E-state index is 12.3. The summed E-state index contributed by atoms with van der Waals surface area (Å²) in [5, 5.41) is 24.3. The van der Waals surface area contributed by atoms with E-state index in [0.717, 1.165) is 18.2 Å². The summed E-state index contributed by atoms with van der Waals surface area (Å²) in [4.78, 5) is 32.5. The van der Waals surface area contributed by atoms with Gasteiger partial charge in [-0.1, -0.05) is 0 Å². The Morgan fingerprint density at radius 2 is 1.59 bits per heavy atom. The molecular formula is C17H17N3O7. The average molecular weight is 375 g/mol. The van der Waals surface area contributed by atoms with Crippen molar-refractivity contribution in [2.24, 2.45) is 0 Å². The zero-order valence-electron chi connectivity index (χ0n) is 14.4. The van der Waals surface area contributed by atoms with Crippen molar-refractivity contribution in [1.82, 2.24) is 0 Å². The molecule has 0 bridgehead atoms. The van der Waals surface area contributed by atoms with Gasteiger partial charge < -0.3 is 14.8 Å². The van der Waals surface area contributed by atoms with Gasteiger partial charge in [0.25, 0.3) is 17.3 Å². The van der Waals surface area contributed by atoms with Crippen LogP contribution < -0.4 is 10.1 Å². The van der Waals surface area contributed by atoms with E-state index in [4.69, 9.17) is 9.47 Å². The zero-order valence-corrected chi connectivity index (χ0v) is 14.4. The van der Waals surface area contributed by atoms with Crippen molar-refractivity contribution in [3.8, 4) is 5.75 Å². The summed E-state index contributed by atoms with van der Waals surface area (Å²) in [6.45, 7) is 3.33. The minimum absolute atomic E-state index is 0.187. The van der Waals surface area contributed by atoms with Crippen LogP contribution in [0.15, 0.2) is 42.5 Å². The van der Waals surface area contributed by atoms with Crippen LogP contribution >= 0.6 is 0 Å². The number of hydrogen-bond acceptors (Lipinski definition) is 7. The number of anilines is 1. The summed E-state index contributed by atoms with van der Waals surface area (Å²) in [7, 11) is 0. The number of nitro benzene ring substituents is 2. The van der Waals surface area contributed by atoms with E-state index in [9.17, 15) is 25.0 Å². The Kier molecular flexibility index (Phi) is 6.78. The Balaban J connectivity index is 2.08. The number of non-ortho nitro benzene ring substituents is 2. The van der Waals surface area contributed by atoms with Crippen molar-refractivity contribution in [2.75, 3.05) is 25.1 Å². The molecular weight excluding hydrogens is 358 g/mol. The monoisotopic (exact) mass is 375 g/mol. The molecule has 0 aliphatic rings. The molecule has 0 saturated carbocycles. The Labute approximate surface area is 154 Å². The lowest BCUT2D eigenvalue weighted by Crippen LogP contribution is -2.12. The van der Waals surface area contributed by atoms with Crippen molar-refractivity contribution in [3.63, 3.8) is 0 Å². The van der Waals surface area contributed by atoms with Crippen LogP contribution in [0.4, 0.5) is 17.1 Å². The largest absolute Gasteiger partial charge is 0.491 e. The van der Waals surface area contributed by atoms with Crippen LogP contribution in [0.5, 0.6) is 5.75 Å². The quantitative estimate of drug-likeness (QED) is 0.404. The van der Waals surface area contributed by atoms with Gasteiger partial charge >= 0.3 is 0 Å². The molecule has 10 heteroatoms. The second kappa shape index (κ2) is 9.25. The van der Waals surface area contributed by atoms with Gasteiger partial charge in [-0.3, -0.25) is 25.0 Å². The highest BCUT2D eigenvalue weighted by atomic mass is 16.6. The van der Waals surface area contributed by atoms with E-state index in [1.54, 1.807) is 24.3 Å². The van der Waals surface area contributed by atoms with Gasteiger partial charge in [-0.25, -0.2) is 0 Å². The van der Waals surface area contributed by atoms with Crippen molar-refractivity contribution in [3.05, 3.63) is 68.3 Å². The molecule has 0 spiro atoms. The predicted molar refractivity (Wildman–Crippen MR) is 96.1 cm³/mol. The molecule has 0 aliphatic carbocycles. The van der Waals surface area contributed by atoms with Gasteiger partial charge in [0.05, 0.1) is 28.1 Å². The van der Waals surface area contributed by atoms with Crippen LogP contribution in [0.3, 0.4) is 0 Å². The van der Waals surface area contributed by atoms with Crippen molar-refractivity contribution in [2.45, 2.75) is 6.92 Å². The lowest BCUT2D eigenvalue weighted by molar-refractivity contribution is -0.394. The number of carbonyl (C=O) groups is 1. The number of carbonyl (C=O) groups excluding carboxylic acids is 1. The molecule has 142 valence electrons. The number of nitrogens with zero attached hydrogens (tertiary/aromatic N) is 2. The Morgan fingerprint density at radius 3 is 2.11 bits per heavy atom. The molecule has 0 fully saturated rings. The fourth-order valence-electron chi connectivity index (χ4n) is 2.14. The van der Waals surface area contributed by atoms with Gasteiger partial charge in [0, 0.05) is 24.4 Å². The number of nitro groups is 2. The summed E-state index contributed by atoms with van der Waals surface area (Å²) in [5.41, 5.74) is -0.848. The maximum Gasteiger partial charge on any atom is 0.277 e. The predicted octanol–water partition coefficient (Wildman–Crippen LogP) is 3.17. The SMILES string of the molecule is CCOCCOc1ccc(NC(=O)c2cc([N+](=O)[O-])cc([N+](=O)[O-])c2)cc1. The van der Waals surface area contributed by atoms with Gasteiger partial charge in [-0.2, -0.15) is 0 Å². The molecule has 0 radical (unpaired) electrons. The Hall–Kier alpha value is -3.53. The molecule has 27 heavy (non-hydrogen) atoms. The minimum Gasteiger partial charge on any atom is -0.491 e. The van der Waals surface area contributed by atoms with Gasteiger partial charge in [-0.05, 0) is 31.2 Å². The molecule has 0 heterocycles. The first-order chi connectivity index (χ1) is 12.9. The number of hydrogen-bond donors (Lipinski definition) is 1. The number of nitrogens with one attached hydrogen (secondary N) is 1. The van der Waals surface area contributed by atoms with E-state index in [1.807, 2.05) is 6.92 Å².